The minimum atomic E-state index is 0.119. The Labute approximate surface area is 93.0 Å². The Morgan fingerprint density at radius 3 is 2.73 bits per heavy atom. The van der Waals surface area contributed by atoms with E-state index in [-0.39, 0.29) is 6.04 Å². The van der Waals surface area contributed by atoms with Crippen LogP contribution in [-0.2, 0) is 0 Å². The van der Waals surface area contributed by atoms with Gasteiger partial charge in [0.15, 0.2) is 0 Å². The number of hydrogen-bond donors (Lipinski definition) is 1. The highest BCUT2D eigenvalue weighted by Gasteiger charge is 2.28. The van der Waals surface area contributed by atoms with E-state index in [0.717, 1.165) is 18.4 Å². The van der Waals surface area contributed by atoms with E-state index < -0.39 is 0 Å². The number of rotatable bonds is 4. The lowest BCUT2D eigenvalue weighted by Gasteiger charge is -2.30. The monoisotopic (exact) mass is 206 g/mol. The Bertz CT molecular complexity index is 239. The van der Waals surface area contributed by atoms with Gasteiger partial charge in [0, 0.05) is 0 Å². The normalized spacial score (nSPS) is 33.3. The predicted octanol–water partition coefficient (Wildman–Crippen LogP) is 2.70. The summed E-state index contributed by atoms with van der Waals surface area (Å²) in [5, 5.41) is 12.6. The minimum Gasteiger partial charge on any atom is -0.301 e. The molecule has 3 unspecified atom stereocenters. The molecule has 2 saturated carbocycles. The third kappa shape index (κ3) is 3.21. The summed E-state index contributed by atoms with van der Waals surface area (Å²) in [6, 6.07) is 2.58. The van der Waals surface area contributed by atoms with Crippen LogP contribution in [0.3, 0.4) is 0 Å². The van der Waals surface area contributed by atoms with Crippen molar-refractivity contribution in [1.82, 2.24) is 5.32 Å². The van der Waals surface area contributed by atoms with E-state index in [1.54, 1.807) is 0 Å². The molecule has 3 atom stereocenters. The summed E-state index contributed by atoms with van der Waals surface area (Å²) < 4.78 is 0. The number of nitriles is 1. The average molecular weight is 206 g/mol. The molecule has 0 spiro atoms. The molecule has 0 radical (unpaired) electrons. The van der Waals surface area contributed by atoms with Crippen LogP contribution in [0.25, 0.3) is 0 Å². The van der Waals surface area contributed by atoms with Crippen LogP contribution in [0, 0.1) is 29.1 Å². The first-order valence-corrected chi connectivity index (χ1v) is 6.42. The molecule has 2 rings (SSSR count). The van der Waals surface area contributed by atoms with Crippen LogP contribution < -0.4 is 5.32 Å². The summed E-state index contributed by atoms with van der Waals surface area (Å²) in [4.78, 5) is 0. The van der Waals surface area contributed by atoms with Crippen LogP contribution in [0.1, 0.15) is 45.4 Å². The molecule has 15 heavy (non-hydrogen) atoms. The van der Waals surface area contributed by atoms with Crippen LogP contribution in [-0.4, -0.2) is 12.6 Å². The standard InChI is InChI=1S/C13H22N2/c1-10-3-2-4-12(7-10)13(8-14)15-9-11-5-6-11/h10-13,15H,2-7,9H2,1H3. The van der Waals surface area contributed by atoms with Crippen LogP contribution in [0.4, 0.5) is 0 Å². The summed E-state index contributed by atoms with van der Waals surface area (Å²) >= 11 is 0. The predicted molar refractivity (Wildman–Crippen MR) is 61.2 cm³/mol. The van der Waals surface area contributed by atoms with Gasteiger partial charge in [0.2, 0.25) is 0 Å². The molecule has 2 aliphatic carbocycles. The quantitative estimate of drug-likeness (QED) is 0.767. The van der Waals surface area contributed by atoms with Gasteiger partial charge >= 0.3 is 0 Å². The molecule has 2 aliphatic rings. The minimum absolute atomic E-state index is 0.119. The van der Waals surface area contributed by atoms with Gasteiger partial charge in [-0.1, -0.05) is 19.8 Å². The molecule has 0 aromatic rings. The van der Waals surface area contributed by atoms with E-state index in [0.29, 0.717) is 5.92 Å². The lowest BCUT2D eigenvalue weighted by molar-refractivity contribution is 0.247. The van der Waals surface area contributed by atoms with Crippen molar-refractivity contribution in [2.45, 2.75) is 51.5 Å². The van der Waals surface area contributed by atoms with Gasteiger partial charge in [-0.25, -0.2) is 0 Å². The van der Waals surface area contributed by atoms with Gasteiger partial charge in [-0.05, 0) is 50.0 Å². The highest BCUT2D eigenvalue weighted by Crippen LogP contribution is 2.32. The maximum atomic E-state index is 9.19. The largest absolute Gasteiger partial charge is 0.301 e. The number of nitrogens with one attached hydrogen (secondary N) is 1. The van der Waals surface area contributed by atoms with E-state index in [4.69, 9.17) is 0 Å². The van der Waals surface area contributed by atoms with Crippen molar-refractivity contribution >= 4 is 0 Å². The van der Waals surface area contributed by atoms with Crippen molar-refractivity contribution in [3.05, 3.63) is 0 Å². The molecule has 0 amide bonds. The highest BCUT2D eigenvalue weighted by molar-refractivity contribution is 4.97. The first kappa shape index (κ1) is 11.0. The second kappa shape index (κ2) is 4.99. The summed E-state index contributed by atoms with van der Waals surface area (Å²) in [5.74, 6) is 2.31. The molecule has 0 aliphatic heterocycles. The maximum Gasteiger partial charge on any atom is 0.0981 e. The Kier molecular flexibility index (Phi) is 3.64. The lowest BCUT2D eigenvalue weighted by Crippen LogP contribution is -2.38. The molecular formula is C13H22N2. The molecule has 0 bridgehead atoms. The zero-order valence-corrected chi connectivity index (χ0v) is 9.71. The molecule has 0 heterocycles. The molecule has 2 fully saturated rings. The Hall–Kier alpha value is -0.550. The third-order valence-electron chi connectivity index (χ3n) is 3.91. The van der Waals surface area contributed by atoms with Gasteiger partial charge in [-0.15, -0.1) is 0 Å². The van der Waals surface area contributed by atoms with Gasteiger partial charge in [0.25, 0.3) is 0 Å². The second-order valence-electron chi connectivity index (χ2n) is 5.49. The average Bonchev–Trinajstić information content (AvgIpc) is 3.03. The molecule has 84 valence electrons. The van der Waals surface area contributed by atoms with Crippen molar-refractivity contribution in [3.8, 4) is 6.07 Å². The Morgan fingerprint density at radius 2 is 2.13 bits per heavy atom. The van der Waals surface area contributed by atoms with Crippen molar-refractivity contribution in [3.63, 3.8) is 0 Å². The first-order chi connectivity index (χ1) is 7.29. The van der Waals surface area contributed by atoms with Gasteiger partial charge in [0.05, 0.1) is 12.1 Å². The van der Waals surface area contributed by atoms with Crippen LogP contribution in [0.15, 0.2) is 0 Å². The zero-order chi connectivity index (χ0) is 10.7. The van der Waals surface area contributed by atoms with Gasteiger partial charge < -0.3 is 5.32 Å². The maximum absolute atomic E-state index is 9.19. The second-order valence-corrected chi connectivity index (χ2v) is 5.49. The molecular weight excluding hydrogens is 184 g/mol. The smallest absolute Gasteiger partial charge is 0.0981 e. The summed E-state index contributed by atoms with van der Waals surface area (Å²) in [7, 11) is 0. The van der Waals surface area contributed by atoms with E-state index >= 15 is 0 Å². The highest BCUT2D eigenvalue weighted by atomic mass is 14.9. The molecule has 0 aromatic heterocycles. The topological polar surface area (TPSA) is 35.8 Å². The fourth-order valence-corrected chi connectivity index (χ4v) is 2.72. The van der Waals surface area contributed by atoms with Crippen LogP contribution in [0.2, 0.25) is 0 Å². The summed E-state index contributed by atoms with van der Waals surface area (Å²) in [6.45, 7) is 3.39. The molecule has 1 N–H and O–H groups in total. The van der Waals surface area contributed by atoms with Crippen LogP contribution in [0.5, 0.6) is 0 Å². The fraction of sp³-hybridized carbons (Fsp3) is 0.923. The first-order valence-electron chi connectivity index (χ1n) is 6.42. The zero-order valence-electron chi connectivity index (χ0n) is 9.71. The molecule has 0 saturated heterocycles. The lowest BCUT2D eigenvalue weighted by atomic mass is 9.79. The number of nitrogens with zero attached hydrogens (tertiary/aromatic N) is 1. The van der Waals surface area contributed by atoms with Crippen molar-refractivity contribution in [1.29, 1.82) is 5.26 Å². The summed E-state index contributed by atoms with van der Waals surface area (Å²) in [5.41, 5.74) is 0. The van der Waals surface area contributed by atoms with E-state index in [1.165, 1.54) is 38.5 Å². The number of hydrogen-bond acceptors (Lipinski definition) is 2. The van der Waals surface area contributed by atoms with E-state index in [1.807, 2.05) is 0 Å². The SMILES string of the molecule is CC1CCCC(C(C#N)NCC2CC2)C1. The van der Waals surface area contributed by atoms with Gasteiger partial charge in [-0.2, -0.15) is 5.26 Å². The fourth-order valence-electron chi connectivity index (χ4n) is 2.72. The third-order valence-corrected chi connectivity index (χ3v) is 3.91. The van der Waals surface area contributed by atoms with Gasteiger partial charge in [-0.3, -0.25) is 0 Å². The van der Waals surface area contributed by atoms with Crippen molar-refractivity contribution in [2.75, 3.05) is 6.54 Å². The Morgan fingerprint density at radius 1 is 1.33 bits per heavy atom. The van der Waals surface area contributed by atoms with Crippen LogP contribution >= 0.6 is 0 Å². The van der Waals surface area contributed by atoms with E-state index in [2.05, 4.69) is 18.3 Å². The van der Waals surface area contributed by atoms with Crippen molar-refractivity contribution in [2.24, 2.45) is 17.8 Å². The van der Waals surface area contributed by atoms with E-state index in [9.17, 15) is 5.26 Å². The summed E-state index contributed by atoms with van der Waals surface area (Å²) in [6.07, 6.45) is 7.90. The molecule has 0 aromatic carbocycles. The Balaban J connectivity index is 1.78. The molecule has 2 heteroatoms. The van der Waals surface area contributed by atoms with Gasteiger partial charge in [0.1, 0.15) is 0 Å². The molecule has 2 nitrogen and oxygen atoms in total. The van der Waals surface area contributed by atoms with Crippen molar-refractivity contribution < 1.29 is 0 Å².